The number of carbonyl (C=O) groups is 1. The van der Waals surface area contributed by atoms with Crippen LogP contribution in [0.5, 0.6) is 5.75 Å². The molecule has 4 rings (SSSR count). The summed E-state index contributed by atoms with van der Waals surface area (Å²) in [6, 6.07) is 10.5. The molecule has 0 saturated carbocycles. The molecule has 214 valence electrons. The number of hydrogen-bond acceptors (Lipinski definition) is 5. The van der Waals surface area contributed by atoms with E-state index in [0.717, 1.165) is 36.0 Å². The van der Waals surface area contributed by atoms with Crippen LogP contribution in [0.4, 0.5) is 10.1 Å². The summed E-state index contributed by atoms with van der Waals surface area (Å²) in [6.45, 7) is 11.0. The van der Waals surface area contributed by atoms with Crippen LogP contribution in [0.15, 0.2) is 36.4 Å². The van der Waals surface area contributed by atoms with Gasteiger partial charge in [0.25, 0.3) is 0 Å². The number of sulfonamides is 1. The van der Waals surface area contributed by atoms with Crippen molar-refractivity contribution in [1.82, 2.24) is 0 Å². The van der Waals surface area contributed by atoms with Gasteiger partial charge in [0.2, 0.25) is 10.0 Å². The first-order valence-corrected chi connectivity index (χ1v) is 15.0. The maximum atomic E-state index is 14.8. The molecule has 1 heterocycles. The van der Waals surface area contributed by atoms with Crippen molar-refractivity contribution in [1.29, 1.82) is 0 Å². The van der Waals surface area contributed by atoms with Gasteiger partial charge in [0, 0.05) is 11.1 Å². The van der Waals surface area contributed by atoms with Gasteiger partial charge in [-0.05, 0) is 112 Å². The second-order valence-corrected chi connectivity index (χ2v) is 13.1. The smallest absolute Gasteiger partial charge is 0.337 e. The molecule has 2 N–H and O–H groups in total. The van der Waals surface area contributed by atoms with Crippen molar-refractivity contribution in [2.75, 3.05) is 17.6 Å². The van der Waals surface area contributed by atoms with Crippen molar-refractivity contribution in [3.63, 3.8) is 0 Å². The molecular formula is C31H36FNO6S. The molecule has 0 amide bonds. The molecule has 1 aliphatic heterocycles. The summed E-state index contributed by atoms with van der Waals surface area (Å²) in [5, 5.41) is 10.4. The van der Waals surface area contributed by atoms with Gasteiger partial charge in [0.05, 0.1) is 24.2 Å². The number of ether oxygens (including phenoxy) is 2. The topological polar surface area (TPSA) is 102 Å². The Bertz CT molecular complexity index is 1590. The first-order chi connectivity index (χ1) is 18.6. The number of fused-ring (bicyclic) bond motifs is 1. The molecule has 9 heteroatoms. The zero-order valence-electron chi connectivity index (χ0n) is 23.9. The summed E-state index contributed by atoms with van der Waals surface area (Å²) in [6.07, 6.45) is 1.28. The van der Waals surface area contributed by atoms with Crippen LogP contribution in [0.3, 0.4) is 0 Å². The molecule has 0 radical (unpaired) electrons. The Labute approximate surface area is 235 Å². The average molecular weight is 570 g/mol. The van der Waals surface area contributed by atoms with Crippen LogP contribution in [-0.4, -0.2) is 38.0 Å². The largest absolute Gasteiger partial charge is 0.493 e. The summed E-state index contributed by atoms with van der Waals surface area (Å²) in [7, 11) is -3.80. The van der Waals surface area contributed by atoms with Crippen molar-refractivity contribution in [3.8, 4) is 28.0 Å². The fourth-order valence-electron chi connectivity index (χ4n) is 5.25. The second-order valence-electron chi connectivity index (χ2n) is 11.3. The first kappa shape index (κ1) is 29.6. The van der Waals surface area contributed by atoms with Gasteiger partial charge in [-0.2, -0.15) is 0 Å². The quantitative estimate of drug-likeness (QED) is 0.327. The Morgan fingerprint density at radius 1 is 1.05 bits per heavy atom. The van der Waals surface area contributed by atoms with E-state index in [0.29, 0.717) is 45.6 Å². The zero-order chi connectivity index (χ0) is 29.6. The Balaban J connectivity index is 2.17. The van der Waals surface area contributed by atoms with E-state index in [1.165, 1.54) is 6.07 Å². The van der Waals surface area contributed by atoms with Crippen molar-refractivity contribution in [2.45, 2.75) is 66.1 Å². The number of halogens is 1. The number of carboxylic acids is 1. The fraction of sp³-hybridized carbons (Fsp3) is 0.387. The Kier molecular flexibility index (Phi) is 8.02. The van der Waals surface area contributed by atoms with E-state index in [2.05, 4.69) is 4.72 Å². The molecule has 0 aromatic heterocycles. The third-order valence-electron chi connectivity index (χ3n) is 6.95. The Morgan fingerprint density at radius 2 is 1.70 bits per heavy atom. The van der Waals surface area contributed by atoms with Gasteiger partial charge < -0.3 is 14.6 Å². The standard InChI is InChI=1S/C31H36FNO6S/c1-17-10-11-22(16-23(17)32)26-18(2)25(21-12-13-24-20(15-21)9-8-14-38-24)27(19(3)28(26)33-40(7,36)37)29(30(34)35)39-31(4,5)6/h10-13,15-16,29,33H,8-9,14H2,1-7H3,(H,34,35). The van der Waals surface area contributed by atoms with Crippen molar-refractivity contribution in [2.24, 2.45) is 0 Å². The lowest BCUT2D eigenvalue weighted by molar-refractivity contribution is -0.160. The highest BCUT2D eigenvalue weighted by atomic mass is 32.2. The van der Waals surface area contributed by atoms with Crippen LogP contribution >= 0.6 is 0 Å². The van der Waals surface area contributed by atoms with E-state index < -0.39 is 33.5 Å². The number of anilines is 1. The number of aliphatic carboxylic acids is 1. The lowest BCUT2D eigenvalue weighted by Gasteiger charge is -2.31. The SMILES string of the molecule is Cc1ccc(-c2c(C)c(-c3ccc4c(c3)CCCO4)c(C(OC(C)(C)C)C(=O)O)c(C)c2NS(C)(=O)=O)cc1F. The van der Waals surface area contributed by atoms with Crippen molar-refractivity contribution >= 4 is 21.7 Å². The normalized spacial score (nSPS) is 14.3. The lowest BCUT2D eigenvalue weighted by atomic mass is 9.82. The molecule has 0 aliphatic carbocycles. The molecular weight excluding hydrogens is 533 g/mol. The van der Waals surface area contributed by atoms with E-state index >= 15 is 0 Å². The summed E-state index contributed by atoms with van der Waals surface area (Å²) < 4.78 is 54.5. The molecule has 7 nitrogen and oxygen atoms in total. The van der Waals surface area contributed by atoms with Gasteiger partial charge in [-0.15, -0.1) is 0 Å². The first-order valence-electron chi connectivity index (χ1n) is 13.2. The molecule has 3 aromatic rings. The molecule has 0 spiro atoms. The third-order valence-corrected chi connectivity index (χ3v) is 7.53. The van der Waals surface area contributed by atoms with Crippen LogP contribution in [0.25, 0.3) is 22.3 Å². The van der Waals surface area contributed by atoms with Gasteiger partial charge in [-0.1, -0.05) is 18.2 Å². The Morgan fingerprint density at radius 3 is 2.30 bits per heavy atom. The maximum absolute atomic E-state index is 14.8. The number of nitrogens with one attached hydrogen (secondary N) is 1. The molecule has 1 atom stereocenters. The molecule has 1 aliphatic rings. The van der Waals surface area contributed by atoms with Crippen LogP contribution in [0, 0.1) is 26.6 Å². The number of aryl methyl sites for hydroxylation is 2. The average Bonchev–Trinajstić information content (AvgIpc) is 2.85. The minimum Gasteiger partial charge on any atom is -0.493 e. The molecule has 0 saturated heterocycles. The van der Waals surface area contributed by atoms with E-state index in [4.69, 9.17) is 9.47 Å². The highest BCUT2D eigenvalue weighted by Crippen LogP contribution is 2.47. The van der Waals surface area contributed by atoms with Crippen LogP contribution < -0.4 is 9.46 Å². The zero-order valence-corrected chi connectivity index (χ0v) is 24.8. The van der Waals surface area contributed by atoms with Crippen LogP contribution in [0.1, 0.15) is 61.1 Å². The van der Waals surface area contributed by atoms with Gasteiger partial charge in [-0.25, -0.2) is 17.6 Å². The number of carboxylic acid groups (broad SMARTS) is 1. The predicted octanol–water partition coefficient (Wildman–Crippen LogP) is 6.72. The molecule has 3 aromatic carbocycles. The van der Waals surface area contributed by atoms with E-state index in [1.54, 1.807) is 53.7 Å². The van der Waals surface area contributed by atoms with Gasteiger partial charge >= 0.3 is 5.97 Å². The van der Waals surface area contributed by atoms with E-state index in [-0.39, 0.29) is 5.69 Å². The minimum absolute atomic E-state index is 0.187. The van der Waals surface area contributed by atoms with Gasteiger partial charge in [-0.3, -0.25) is 4.72 Å². The molecule has 1 unspecified atom stereocenters. The number of rotatable bonds is 7. The van der Waals surface area contributed by atoms with Crippen LogP contribution in [-0.2, 0) is 26.0 Å². The van der Waals surface area contributed by atoms with E-state index in [9.17, 15) is 22.7 Å². The molecule has 40 heavy (non-hydrogen) atoms. The summed E-state index contributed by atoms with van der Waals surface area (Å²) in [5.41, 5.74) is 4.38. The minimum atomic E-state index is -3.80. The predicted molar refractivity (Wildman–Crippen MR) is 155 cm³/mol. The third kappa shape index (κ3) is 6.15. The highest BCUT2D eigenvalue weighted by molar-refractivity contribution is 7.92. The number of benzene rings is 3. The molecule has 0 bridgehead atoms. The van der Waals surface area contributed by atoms with Crippen molar-refractivity contribution in [3.05, 3.63) is 70.0 Å². The lowest BCUT2D eigenvalue weighted by Crippen LogP contribution is -2.29. The van der Waals surface area contributed by atoms with Gasteiger partial charge in [0.15, 0.2) is 6.10 Å². The Hall–Kier alpha value is -3.43. The van der Waals surface area contributed by atoms with Gasteiger partial charge in [0.1, 0.15) is 11.6 Å². The molecule has 0 fully saturated rings. The van der Waals surface area contributed by atoms with E-state index in [1.807, 2.05) is 18.2 Å². The maximum Gasteiger partial charge on any atom is 0.337 e. The van der Waals surface area contributed by atoms with Crippen LogP contribution in [0.2, 0.25) is 0 Å². The number of hydrogen-bond donors (Lipinski definition) is 2. The summed E-state index contributed by atoms with van der Waals surface area (Å²) in [4.78, 5) is 12.8. The second kappa shape index (κ2) is 10.9. The fourth-order valence-corrected chi connectivity index (χ4v) is 5.87. The van der Waals surface area contributed by atoms with Crippen molar-refractivity contribution < 1.29 is 32.2 Å². The summed E-state index contributed by atoms with van der Waals surface area (Å²) >= 11 is 0. The monoisotopic (exact) mass is 569 g/mol. The highest BCUT2D eigenvalue weighted by Gasteiger charge is 2.34. The summed E-state index contributed by atoms with van der Waals surface area (Å²) in [5.74, 6) is -0.863.